The van der Waals surface area contributed by atoms with Gasteiger partial charge in [-0.15, -0.1) is 11.3 Å². The summed E-state index contributed by atoms with van der Waals surface area (Å²) in [5.41, 5.74) is 3.46. The molecule has 5 aromatic rings. The second kappa shape index (κ2) is 11.2. The van der Waals surface area contributed by atoms with Gasteiger partial charge >= 0.3 is 0 Å². The van der Waals surface area contributed by atoms with Gasteiger partial charge in [-0.25, -0.2) is 18.1 Å². The molecule has 3 heterocycles. The minimum atomic E-state index is -3.39. The molecular weight excluding hydrogens is 538 g/mol. The molecule has 0 aliphatic carbocycles. The molecule has 0 saturated carbocycles. The van der Waals surface area contributed by atoms with E-state index in [4.69, 9.17) is 0 Å². The molecule has 0 unspecified atom stereocenters. The number of hydrogen-bond donors (Lipinski definition) is 4. The van der Waals surface area contributed by atoms with Crippen LogP contribution in [0.1, 0.15) is 20.0 Å². The summed E-state index contributed by atoms with van der Waals surface area (Å²) in [6.07, 6.45) is 4.52. The van der Waals surface area contributed by atoms with Gasteiger partial charge in [-0.3, -0.25) is 20.0 Å². The molecule has 11 nitrogen and oxygen atoms in total. The number of Topliss-reactive ketones (excluding diaryl/α,β-unsaturated/α-hetero) is 1. The number of nitrogens with one attached hydrogen (secondary N) is 4. The van der Waals surface area contributed by atoms with Gasteiger partial charge in [0.05, 0.1) is 34.9 Å². The number of nitrogens with zero attached hydrogens (tertiary/aromatic N) is 3. The van der Waals surface area contributed by atoms with Crippen LogP contribution >= 0.6 is 11.3 Å². The van der Waals surface area contributed by atoms with Crippen molar-refractivity contribution in [3.8, 4) is 10.4 Å². The van der Waals surface area contributed by atoms with Crippen LogP contribution in [0.5, 0.6) is 0 Å². The van der Waals surface area contributed by atoms with E-state index in [1.54, 1.807) is 41.2 Å². The van der Waals surface area contributed by atoms with Gasteiger partial charge in [0, 0.05) is 41.0 Å². The smallest absolute Gasteiger partial charge is 0.268 e. The molecule has 200 valence electrons. The highest BCUT2D eigenvalue weighted by Crippen LogP contribution is 2.29. The number of sulfonamides is 1. The maximum atomic E-state index is 13.1. The number of H-pyrrole nitrogens is 1. The number of ketones is 1. The second-order valence-corrected chi connectivity index (χ2v) is 11.6. The van der Waals surface area contributed by atoms with Crippen molar-refractivity contribution in [1.29, 1.82) is 0 Å². The van der Waals surface area contributed by atoms with Gasteiger partial charge in [0.1, 0.15) is 0 Å². The third kappa shape index (κ3) is 6.39. The number of anilines is 2. The predicted octanol–water partition coefficient (Wildman–Crippen LogP) is 3.58. The van der Waals surface area contributed by atoms with Gasteiger partial charge in [0.25, 0.3) is 5.91 Å². The van der Waals surface area contributed by atoms with E-state index in [1.807, 2.05) is 36.4 Å². The zero-order valence-corrected chi connectivity index (χ0v) is 22.5. The van der Waals surface area contributed by atoms with Crippen LogP contribution in [0.25, 0.3) is 21.5 Å². The van der Waals surface area contributed by atoms with Crippen molar-refractivity contribution in [3.63, 3.8) is 0 Å². The molecule has 13 heteroatoms. The number of imidazole rings is 1. The number of hydrogen-bond acceptors (Lipinski definition) is 8. The van der Waals surface area contributed by atoms with Gasteiger partial charge in [-0.2, -0.15) is 5.10 Å². The zero-order valence-electron chi connectivity index (χ0n) is 20.8. The lowest BCUT2D eigenvalue weighted by Gasteiger charge is -2.10. The fourth-order valence-electron chi connectivity index (χ4n) is 3.98. The maximum Gasteiger partial charge on any atom is 0.268 e. The Labute approximate surface area is 228 Å². The molecular formula is C26H25N7O4S2. The summed E-state index contributed by atoms with van der Waals surface area (Å²) in [6.45, 7) is 0.459. The van der Waals surface area contributed by atoms with Crippen LogP contribution < -0.4 is 15.4 Å². The average molecular weight is 564 g/mol. The predicted molar refractivity (Wildman–Crippen MR) is 152 cm³/mol. The number of benzene rings is 2. The summed E-state index contributed by atoms with van der Waals surface area (Å²) in [4.78, 5) is 31.6. The van der Waals surface area contributed by atoms with Crippen molar-refractivity contribution in [2.24, 2.45) is 0 Å². The summed E-state index contributed by atoms with van der Waals surface area (Å²) >= 11 is 1.32. The quantitative estimate of drug-likeness (QED) is 0.179. The van der Waals surface area contributed by atoms with Crippen LogP contribution in [0, 0.1) is 0 Å². The highest BCUT2D eigenvalue weighted by atomic mass is 32.2. The molecule has 0 aliphatic heterocycles. The van der Waals surface area contributed by atoms with E-state index in [0.29, 0.717) is 27.2 Å². The van der Waals surface area contributed by atoms with E-state index in [9.17, 15) is 18.0 Å². The Hall–Kier alpha value is -4.33. The minimum Gasteiger partial charge on any atom is -0.378 e. The van der Waals surface area contributed by atoms with Crippen molar-refractivity contribution in [2.75, 3.05) is 30.0 Å². The first-order valence-corrected chi connectivity index (χ1v) is 14.6. The van der Waals surface area contributed by atoms with Crippen molar-refractivity contribution in [2.45, 2.75) is 6.54 Å². The third-order valence-electron chi connectivity index (χ3n) is 5.83. The molecule has 4 N–H and O–H groups in total. The lowest BCUT2D eigenvalue weighted by molar-refractivity contribution is 0.100. The monoisotopic (exact) mass is 563 g/mol. The topological polar surface area (TPSA) is 151 Å². The second-order valence-electron chi connectivity index (χ2n) is 8.70. The summed E-state index contributed by atoms with van der Waals surface area (Å²) in [6, 6.07) is 18.0. The summed E-state index contributed by atoms with van der Waals surface area (Å²) in [5.74, 6) is -0.109. The van der Waals surface area contributed by atoms with Crippen molar-refractivity contribution in [3.05, 3.63) is 83.5 Å². The Morgan fingerprint density at radius 2 is 1.90 bits per heavy atom. The number of aromatic nitrogens is 4. The largest absolute Gasteiger partial charge is 0.378 e. The Morgan fingerprint density at radius 3 is 2.64 bits per heavy atom. The number of carbonyl (C=O) groups is 2. The van der Waals surface area contributed by atoms with Gasteiger partial charge in [-0.05, 0) is 30.3 Å². The van der Waals surface area contributed by atoms with E-state index in [1.165, 1.54) is 11.3 Å². The fourth-order valence-corrected chi connectivity index (χ4v) is 5.32. The van der Waals surface area contributed by atoms with Crippen LogP contribution in [0.15, 0.2) is 73.1 Å². The minimum absolute atomic E-state index is 0.0493. The Kier molecular flexibility index (Phi) is 7.54. The van der Waals surface area contributed by atoms with Crippen LogP contribution in [0.3, 0.4) is 0 Å². The lowest BCUT2D eigenvalue weighted by Crippen LogP contribution is -2.26. The normalized spacial score (nSPS) is 11.5. The molecule has 2 aromatic carbocycles. The van der Waals surface area contributed by atoms with E-state index < -0.39 is 10.0 Å². The molecule has 39 heavy (non-hydrogen) atoms. The highest BCUT2D eigenvalue weighted by molar-refractivity contribution is 7.88. The van der Waals surface area contributed by atoms with Gasteiger partial charge in [0.2, 0.25) is 16.0 Å². The zero-order chi connectivity index (χ0) is 27.4. The number of fused-ring (bicyclic) bond motifs is 1. The molecule has 0 saturated heterocycles. The molecule has 0 aliphatic rings. The molecule has 0 spiro atoms. The standard InChI is InChI=1S/C26H25N7O4S2/c1-39(36,37)30-11-12-33-21-8-7-19(27-16-22(34)17-5-3-2-4-6-17)13-20(21)31-26(33)32-25(35)24-10-9-23(38-24)18-14-28-29-15-18/h2-10,13-15,27,30H,11-12,16H2,1H3,(H,28,29)(H,31,32,35). The van der Waals surface area contributed by atoms with E-state index in [0.717, 1.165) is 16.7 Å². The van der Waals surface area contributed by atoms with Crippen molar-refractivity contribution < 1.29 is 18.0 Å². The SMILES string of the molecule is CS(=O)(=O)NCCn1c(NC(=O)c2ccc(-c3cn[nH]c3)s2)nc2cc(NCC(=O)c3ccccc3)ccc21. The van der Waals surface area contributed by atoms with Crippen molar-refractivity contribution >= 4 is 55.7 Å². The third-order valence-corrected chi connectivity index (χ3v) is 7.70. The number of aromatic amines is 1. The average Bonchev–Trinajstić information content (AvgIpc) is 3.67. The molecule has 3 aromatic heterocycles. The van der Waals surface area contributed by atoms with Crippen molar-refractivity contribution in [1.82, 2.24) is 24.5 Å². The molecule has 1 amide bonds. The molecule has 0 radical (unpaired) electrons. The van der Waals surface area contributed by atoms with Crippen LogP contribution in [-0.2, 0) is 16.6 Å². The first-order valence-electron chi connectivity index (χ1n) is 11.9. The molecule has 0 fully saturated rings. The molecule has 0 atom stereocenters. The van der Waals surface area contributed by atoms with E-state index in [2.05, 4.69) is 30.5 Å². The summed E-state index contributed by atoms with van der Waals surface area (Å²) < 4.78 is 27.4. The van der Waals surface area contributed by atoms with Gasteiger partial charge in [0.15, 0.2) is 5.78 Å². The molecule has 0 bridgehead atoms. The number of amides is 1. The lowest BCUT2D eigenvalue weighted by atomic mass is 10.1. The first kappa shape index (κ1) is 26.3. The fraction of sp³-hybridized carbons (Fsp3) is 0.154. The summed E-state index contributed by atoms with van der Waals surface area (Å²) in [5, 5.41) is 12.7. The Morgan fingerprint density at radius 1 is 1.08 bits per heavy atom. The van der Waals surface area contributed by atoms with Gasteiger partial charge in [-0.1, -0.05) is 30.3 Å². The van der Waals surface area contributed by atoms with E-state index >= 15 is 0 Å². The summed E-state index contributed by atoms with van der Waals surface area (Å²) in [7, 11) is -3.39. The van der Waals surface area contributed by atoms with Crippen LogP contribution in [0.2, 0.25) is 0 Å². The van der Waals surface area contributed by atoms with Crippen LogP contribution in [0.4, 0.5) is 11.6 Å². The number of thiophene rings is 1. The van der Waals surface area contributed by atoms with Crippen LogP contribution in [-0.4, -0.2) is 59.2 Å². The Bertz CT molecular complexity index is 1730. The number of carbonyl (C=O) groups excluding carboxylic acids is 2. The van der Waals surface area contributed by atoms with Gasteiger partial charge < -0.3 is 9.88 Å². The maximum absolute atomic E-state index is 13.1. The highest BCUT2D eigenvalue weighted by Gasteiger charge is 2.17. The van der Waals surface area contributed by atoms with E-state index in [-0.39, 0.29) is 37.3 Å². The Balaban J connectivity index is 1.37. The number of rotatable bonds is 11. The first-order chi connectivity index (χ1) is 18.8. The molecule has 5 rings (SSSR count).